The minimum absolute atomic E-state index is 0.0290. The highest BCUT2D eigenvalue weighted by Gasteiger charge is 2.24. The molecule has 0 saturated heterocycles. The van der Waals surface area contributed by atoms with Crippen LogP contribution >= 0.6 is 15.9 Å². The first-order valence-electron chi connectivity index (χ1n) is 8.09. The predicted octanol–water partition coefficient (Wildman–Crippen LogP) is 4.53. The van der Waals surface area contributed by atoms with E-state index in [9.17, 15) is 4.79 Å². The highest BCUT2D eigenvalue weighted by Crippen LogP contribution is 2.23. The van der Waals surface area contributed by atoms with Gasteiger partial charge in [-0.1, -0.05) is 52.3 Å². The Bertz CT molecular complexity index is 725. The summed E-state index contributed by atoms with van der Waals surface area (Å²) < 4.78 is 6.75. The Balaban J connectivity index is 1.60. The molecule has 3 rings (SSSR count). The van der Waals surface area contributed by atoms with E-state index >= 15 is 0 Å². The van der Waals surface area contributed by atoms with Crippen LogP contribution in [0.3, 0.4) is 0 Å². The molecule has 1 amide bonds. The molecule has 4 heteroatoms. The van der Waals surface area contributed by atoms with E-state index in [2.05, 4.69) is 34.1 Å². The van der Waals surface area contributed by atoms with Gasteiger partial charge in [0.25, 0.3) is 5.91 Å². The zero-order valence-corrected chi connectivity index (χ0v) is 15.2. The average molecular weight is 386 g/mol. The number of hydrogen-bond donors (Lipinski definition) is 0. The van der Waals surface area contributed by atoms with Gasteiger partial charge in [0, 0.05) is 17.6 Å². The number of rotatable bonds is 4. The lowest BCUT2D eigenvalue weighted by molar-refractivity contribution is -0.137. The molecule has 0 aliphatic carbocycles. The Labute approximate surface area is 151 Å². The molecular weight excluding hydrogens is 366 g/mol. The van der Waals surface area contributed by atoms with Crippen molar-refractivity contribution in [2.24, 2.45) is 0 Å². The van der Waals surface area contributed by atoms with E-state index in [-0.39, 0.29) is 5.91 Å². The van der Waals surface area contributed by atoms with Gasteiger partial charge < -0.3 is 9.64 Å². The van der Waals surface area contributed by atoms with Crippen LogP contribution in [0.2, 0.25) is 0 Å². The van der Waals surface area contributed by atoms with Gasteiger partial charge in [0.05, 0.1) is 0 Å². The van der Waals surface area contributed by atoms with Gasteiger partial charge in [-0.3, -0.25) is 4.79 Å². The normalized spacial score (nSPS) is 15.6. The van der Waals surface area contributed by atoms with E-state index in [1.165, 1.54) is 11.1 Å². The lowest BCUT2D eigenvalue weighted by atomic mass is 9.99. The standard InChI is InChI=1S/C20H20BrNO2/c1-15(24-19-9-7-18(21)8-10-19)20(23)22-13-11-17(12-14-22)16-5-3-2-4-6-16/h2-11,15H,12-14H2,1H3/t15-/m0/s1. The molecule has 2 aromatic rings. The summed E-state index contributed by atoms with van der Waals surface area (Å²) in [4.78, 5) is 14.4. The van der Waals surface area contributed by atoms with E-state index in [1.807, 2.05) is 47.4 Å². The highest BCUT2D eigenvalue weighted by atomic mass is 79.9. The van der Waals surface area contributed by atoms with Gasteiger partial charge in [0.1, 0.15) is 5.75 Å². The van der Waals surface area contributed by atoms with Crippen LogP contribution in [0.5, 0.6) is 5.75 Å². The zero-order valence-electron chi connectivity index (χ0n) is 13.6. The number of ether oxygens (including phenoxy) is 1. The Morgan fingerprint density at radius 1 is 1.12 bits per heavy atom. The molecular formula is C20H20BrNO2. The van der Waals surface area contributed by atoms with Crippen LogP contribution < -0.4 is 4.74 Å². The van der Waals surface area contributed by atoms with Crippen molar-refractivity contribution in [2.75, 3.05) is 13.1 Å². The molecule has 0 radical (unpaired) electrons. The summed E-state index contributed by atoms with van der Waals surface area (Å²) in [6, 6.07) is 17.9. The zero-order chi connectivity index (χ0) is 16.9. The first-order valence-corrected chi connectivity index (χ1v) is 8.88. The lowest BCUT2D eigenvalue weighted by Crippen LogP contribution is -2.42. The van der Waals surface area contributed by atoms with E-state index < -0.39 is 6.10 Å². The fraction of sp³-hybridized carbons (Fsp3) is 0.250. The first kappa shape index (κ1) is 16.8. The molecule has 1 aliphatic rings. The largest absolute Gasteiger partial charge is 0.481 e. The second-order valence-electron chi connectivity index (χ2n) is 5.84. The smallest absolute Gasteiger partial charge is 0.263 e. The van der Waals surface area contributed by atoms with Crippen LogP contribution in [-0.4, -0.2) is 30.0 Å². The van der Waals surface area contributed by atoms with Crippen LogP contribution in [0.4, 0.5) is 0 Å². The van der Waals surface area contributed by atoms with Crippen LogP contribution in [0.15, 0.2) is 65.1 Å². The summed E-state index contributed by atoms with van der Waals surface area (Å²) in [5, 5.41) is 0. The van der Waals surface area contributed by atoms with Crippen LogP contribution in [0.1, 0.15) is 18.9 Å². The van der Waals surface area contributed by atoms with Crippen molar-refractivity contribution in [1.82, 2.24) is 4.90 Å². The quantitative estimate of drug-likeness (QED) is 0.773. The third-order valence-corrected chi connectivity index (χ3v) is 4.67. The SMILES string of the molecule is C[C@H](Oc1ccc(Br)cc1)C(=O)N1CC=C(c2ccccc2)CC1. The molecule has 1 aliphatic heterocycles. The van der Waals surface area contributed by atoms with Crippen LogP contribution in [0.25, 0.3) is 5.57 Å². The van der Waals surface area contributed by atoms with Crippen molar-refractivity contribution < 1.29 is 9.53 Å². The summed E-state index contributed by atoms with van der Waals surface area (Å²) in [5.41, 5.74) is 2.55. The maximum atomic E-state index is 12.6. The van der Waals surface area contributed by atoms with Crippen molar-refractivity contribution >= 4 is 27.4 Å². The molecule has 0 saturated carbocycles. The molecule has 0 bridgehead atoms. The number of halogens is 1. The number of carbonyl (C=O) groups is 1. The van der Waals surface area contributed by atoms with Gasteiger partial charge in [0.15, 0.2) is 6.10 Å². The Kier molecular flexibility index (Phi) is 5.36. The van der Waals surface area contributed by atoms with Crippen molar-refractivity contribution in [1.29, 1.82) is 0 Å². The Morgan fingerprint density at radius 3 is 2.46 bits per heavy atom. The number of hydrogen-bond acceptors (Lipinski definition) is 2. The fourth-order valence-electron chi connectivity index (χ4n) is 2.81. The number of carbonyl (C=O) groups excluding carboxylic acids is 1. The van der Waals surface area contributed by atoms with Crippen molar-refractivity contribution in [3.05, 3.63) is 70.7 Å². The van der Waals surface area contributed by atoms with Gasteiger partial charge in [-0.2, -0.15) is 0 Å². The van der Waals surface area contributed by atoms with E-state index in [0.29, 0.717) is 12.3 Å². The fourth-order valence-corrected chi connectivity index (χ4v) is 3.07. The third-order valence-electron chi connectivity index (χ3n) is 4.14. The molecule has 1 heterocycles. The second kappa shape index (κ2) is 7.67. The summed E-state index contributed by atoms with van der Waals surface area (Å²) in [5.74, 6) is 0.734. The Hall–Kier alpha value is -2.07. The van der Waals surface area contributed by atoms with Crippen molar-refractivity contribution in [3.8, 4) is 5.75 Å². The molecule has 1 atom stereocenters. The molecule has 0 N–H and O–H groups in total. The van der Waals surface area contributed by atoms with Gasteiger partial charge in [0.2, 0.25) is 0 Å². The van der Waals surface area contributed by atoms with Crippen LogP contribution in [0, 0.1) is 0 Å². The highest BCUT2D eigenvalue weighted by molar-refractivity contribution is 9.10. The minimum Gasteiger partial charge on any atom is -0.481 e. The monoisotopic (exact) mass is 385 g/mol. The van der Waals surface area contributed by atoms with Gasteiger partial charge in [-0.05, 0) is 48.7 Å². The minimum atomic E-state index is -0.488. The van der Waals surface area contributed by atoms with Gasteiger partial charge >= 0.3 is 0 Å². The van der Waals surface area contributed by atoms with Gasteiger partial charge in [-0.15, -0.1) is 0 Å². The lowest BCUT2D eigenvalue weighted by Gasteiger charge is -2.29. The Morgan fingerprint density at radius 2 is 1.83 bits per heavy atom. The van der Waals surface area contributed by atoms with Gasteiger partial charge in [-0.25, -0.2) is 0 Å². The number of amides is 1. The molecule has 0 unspecified atom stereocenters. The first-order chi connectivity index (χ1) is 11.6. The molecule has 2 aromatic carbocycles. The third kappa shape index (κ3) is 4.06. The van der Waals surface area contributed by atoms with E-state index in [4.69, 9.17) is 4.74 Å². The molecule has 0 spiro atoms. The summed E-state index contributed by atoms with van der Waals surface area (Å²) in [6.45, 7) is 3.17. The topological polar surface area (TPSA) is 29.5 Å². The number of nitrogens with zero attached hydrogens (tertiary/aromatic N) is 1. The molecule has 124 valence electrons. The molecule has 3 nitrogen and oxygen atoms in total. The second-order valence-corrected chi connectivity index (χ2v) is 6.76. The van der Waals surface area contributed by atoms with Crippen LogP contribution in [-0.2, 0) is 4.79 Å². The summed E-state index contributed by atoms with van der Waals surface area (Å²) in [7, 11) is 0. The molecule has 0 fully saturated rings. The number of benzene rings is 2. The maximum absolute atomic E-state index is 12.6. The van der Waals surface area contributed by atoms with E-state index in [1.54, 1.807) is 6.92 Å². The van der Waals surface area contributed by atoms with Crippen molar-refractivity contribution in [3.63, 3.8) is 0 Å². The maximum Gasteiger partial charge on any atom is 0.263 e. The van der Waals surface area contributed by atoms with E-state index in [0.717, 1.165) is 17.4 Å². The summed E-state index contributed by atoms with van der Waals surface area (Å²) in [6.07, 6.45) is 2.53. The summed E-state index contributed by atoms with van der Waals surface area (Å²) >= 11 is 3.39. The predicted molar refractivity (Wildman–Crippen MR) is 99.8 cm³/mol. The average Bonchev–Trinajstić information content (AvgIpc) is 2.64. The molecule has 0 aromatic heterocycles. The molecule has 24 heavy (non-hydrogen) atoms. The van der Waals surface area contributed by atoms with Crippen molar-refractivity contribution in [2.45, 2.75) is 19.4 Å².